The smallest absolute Gasteiger partial charge is 0.209 e. The van der Waals surface area contributed by atoms with Crippen LogP contribution < -0.4 is 11.2 Å². The summed E-state index contributed by atoms with van der Waals surface area (Å²) in [5.74, 6) is 0.217. The average molecular weight is 373 g/mol. The average Bonchev–Trinajstić information content (AvgIpc) is 2.22. The maximum Gasteiger partial charge on any atom is 0.209 e. The van der Waals surface area contributed by atoms with Crippen molar-refractivity contribution in [3.8, 4) is 0 Å². The quantitative estimate of drug-likeness (QED) is 0.362. The number of halogens is 3. The van der Waals surface area contributed by atoms with Gasteiger partial charge in [0.1, 0.15) is 0 Å². The largest absolute Gasteiger partial charge is 0.369 e. The first kappa shape index (κ1) is 15.5. The van der Waals surface area contributed by atoms with E-state index in [1.165, 1.54) is 6.21 Å². The number of nitrogens with zero attached hydrogens (tertiary/aromatic N) is 2. The summed E-state index contributed by atoms with van der Waals surface area (Å²) in [6.07, 6.45) is 1.49. The van der Waals surface area contributed by atoms with Gasteiger partial charge in [0.15, 0.2) is 0 Å². The minimum atomic E-state index is 0. The van der Waals surface area contributed by atoms with E-state index in [2.05, 4.69) is 15.5 Å². The van der Waals surface area contributed by atoms with Gasteiger partial charge in [0, 0.05) is 12.6 Å². The molecule has 1 aromatic carbocycles. The van der Waals surface area contributed by atoms with Crippen LogP contribution in [0.2, 0.25) is 10.0 Å². The highest BCUT2D eigenvalue weighted by Gasteiger charge is 2.01. The molecule has 0 saturated heterocycles. The number of rotatable bonds is 2. The molecule has 0 heterocycles. The van der Waals surface area contributed by atoms with Gasteiger partial charge < -0.3 is 5.73 Å². The summed E-state index contributed by atoms with van der Waals surface area (Å²) >= 11 is 11.8. The van der Waals surface area contributed by atoms with Gasteiger partial charge >= 0.3 is 0 Å². The van der Waals surface area contributed by atoms with Crippen molar-refractivity contribution in [3.63, 3.8) is 0 Å². The zero-order valence-corrected chi connectivity index (χ0v) is 12.3. The van der Waals surface area contributed by atoms with E-state index >= 15 is 0 Å². The highest BCUT2D eigenvalue weighted by molar-refractivity contribution is 14.0. The molecule has 0 radical (unpaired) electrons. The predicted molar refractivity (Wildman–Crippen MR) is 80.2 cm³/mol. The maximum absolute atomic E-state index is 5.91. The van der Waals surface area contributed by atoms with E-state index in [4.69, 9.17) is 28.9 Å². The van der Waals surface area contributed by atoms with Gasteiger partial charge in [-0.3, -0.25) is 4.99 Å². The van der Waals surface area contributed by atoms with Crippen LogP contribution in [0.1, 0.15) is 5.56 Å². The second-order valence-corrected chi connectivity index (χ2v) is 3.43. The Morgan fingerprint density at radius 1 is 1.38 bits per heavy atom. The van der Waals surface area contributed by atoms with Crippen LogP contribution >= 0.6 is 47.2 Å². The summed E-state index contributed by atoms with van der Waals surface area (Å²) in [4.78, 5) is 3.67. The lowest BCUT2D eigenvalue weighted by Gasteiger charge is -2.00. The Balaban J connectivity index is 0.00000225. The molecule has 0 unspecified atom stereocenters. The molecule has 0 aliphatic heterocycles. The number of hydrazone groups is 1. The van der Waals surface area contributed by atoms with Crippen LogP contribution in [0.4, 0.5) is 0 Å². The highest BCUT2D eigenvalue weighted by Crippen LogP contribution is 2.21. The minimum absolute atomic E-state index is 0. The molecule has 16 heavy (non-hydrogen) atoms. The van der Waals surface area contributed by atoms with E-state index in [0.29, 0.717) is 15.6 Å². The molecule has 4 nitrogen and oxygen atoms in total. The van der Waals surface area contributed by atoms with Crippen molar-refractivity contribution in [2.45, 2.75) is 0 Å². The number of benzene rings is 1. The molecule has 7 heteroatoms. The van der Waals surface area contributed by atoms with Crippen molar-refractivity contribution in [3.05, 3.63) is 33.8 Å². The molecule has 1 rings (SSSR count). The summed E-state index contributed by atoms with van der Waals surface area (Å²) in [5, 5.41) is 4.89. The summed E-state index contributed by atoms with van der Waals surface area (Å²) in [6, 6.07) is 5.22. The number of hydrogen-bond acceptors (Lipinski definition) is 2. The Morgan fingerprint density at radius 3 is 2.44 bits per heavy atom. The first-order chi connectivity index (χ1) is 7.15. The molecule has 0 aliphatic carbocycles. The molecule has 0 fully saturated rings. The molecule has 0 saturated carbocycles. The summed E-state index contributed by atoms with van der Waals surface area (Å²) < 4.78 is 0. The Kier molecular flexibility index (Phi) is 7.44. The molecule has 3 N–H and O–H groups in total. The summed E-state index contributed by atoms with van der Waals surface area (Å²) in [7, 11) is 1.56. The van der Waals surface area contributed by atoms with Crippen LogP contribution in [-0.4, -0.2) is 19.2 Å². The summed E-state index contributed by atoms with van der Waals surface area (Å²) in [5.41, 5.74) is 8.52. The Labute approximate surface area is 121 Å². The van der Waals surface area contributed by atoms with Crippen molar-refractivity contribution in [2.75, 3.05) is 7.05 Å². The van der Waals surface area contributed by atoms with Gasteiger partial charge in [-0.05, 0) is 12.1 Å². The standard InChI is InChI=1S/C9H10Cl2N4.HI/c1-13-9(12)15-14-5-6-7(10)3-2-4-8(6)11;/h2-5H,1H3,(H3,12,13,15);1H. The van der Waals surface area contributed by atoms with Crippen LogP contribution in [0.25, 0.3) is 0 Å². The van der Waals surface area contributed by atoms with Gasteiger partial charge in [-0.2, -0.15) is 5.10 Å². The van der Waals surface area contributed by atoms with Crippen LogP contribution in [0.3, 0.4) is 0 Å². The van der Waals surface area contributed by atoms with Crippen molar-refractivity contribution in [1.82, 2.24) is 5.43 Å². The Hall–Kier alpha value is -0.530. The molecule has 0 aromatic heterocycles. The monoisotopic (exact) mass is 372 g/mol. The van der Waals surface area contributed by atoms with Gasteiger partial charge in [-0.1, -0.05) is 29.3 Å². The van der Waals surface area contributed by atoms with Gasteiger partial charge in [0.05, 0.1) is 16.3 Å². The number of guanidine groups is 1. The third-order valence-corrected chi connectivity index (χ3v) is 2.27. The Morgan fingerprint density at radius 2 is 1.94 bits per heavy atom. The van der Waals surface area contributed by atoms with Crippen molar-refractivity contribution in [2.24, 2.45) is 15.8 Å². The van der Waals surface area contributed by atoms with Gasteiger partial charge in [0.2, 0.25) is 5.96 Å². The molecule has 0 bridgehead atoms. The lowest BCUT2D eigenvalue weighted by molar-refractivity contribution is 1.01. The molecule has 0 atom stereocenters. The highest BCUT2D eigenvalue weighted by atomic mass is 127. The molecular formula is C9H11Cl2IN4. The van der Waals surface area contributed by atoms with Crippen molar-refractivity contribution >= 4 is 59.4 Å². The second-order valence-electron chi connectivity index (χ2n) is 2.61. The zero-order valence-electron chi connectivity index (χ0n) is 8.45. The number of aliphatic imine (C=N–C) groups is 1. The Bertz CT molecular complexity index is 386. The van der Waals surface area contributed by atoms with Crippen LogP contribution in [0.15, 0.2) is 28.3 Å². The molecular weight excluding hydrogens is 362 g/mol. The number of nitrogens with one attached hydrogen (secondary N) is 1. The SMILES string of the molecule is CN=C(N)NN=Cc1c(Cl)cccc1Cl.I. The minimum Gasteiger partial charge on any atom is -0.369 e. The van der Waals surface area contributed by atoms with Gasteiger partial charge in [-0.25, -0.2) is 5.43 Å². The number of hydrogen-bond donors (Lipinski definition) is 2. The molecule has 88 valence electrons. The van der Waals surface area contributed by atoms with E-state index in [-0.39, 0.29) is 29.9 Å². The van der Waals surface area contributed by atoms with E-state index in [9.17, 15) is 0 Å². The van der Waals surface area contributed by atoms with Crippen LogP contribution in [0, 0.1) is 0 Å². The van der Waals surface area contributed by atoms with Crippen molar-refractivity contribution in [1.29, 1.82) is 0 Å². The molecule has 0 spiro atoms. The zero-order chi connectivity index (χ0) is 11.3. The van der Waals surface area contributed by atoms with E-state index < -0.39 is 0 Å². The van der Waals surface area contributed by atoms with Crippen molar-refractivity contribution < 1.29 is 0 Å². The van der Waals surface area contributed by atoms with E-state index in [0.717, 1.165) is 0 Å². The predicted octanol–water partition coefficient (Wildman–Crippen LogP) is 2.48. The normalized spacial score (nSPS) is 11.3. The summed E-state index contributed by atoms with van der Waals surface area (Å²) in [6.45, 7) is 0. The first-order valence-corrected chi connectivity index (χ1v) is 4.86. The second kappa shape index (κ2) is 7.70. The lowest BCUT2D eigenvalue weighted by atomic mass is 10.2. The van der Waals surface area contributed by atoms with Gasteiger partial charge in [-0.15, -0.1) is 24.0 Å². The van der Waals surface area contributed by atoms with Crippen LogP contribution in [-0.2, 0) is 0 Å². The fraction of sp³-hybridized carbons (Fsp3) is 0.111. The molecule has 0 amide bonds. The maximum atomic E-state index is 5.91. The molecule has 1 aromatic rings. The van der Waals surface area contributed by atoms with Gasteiger partial charge in [0.25, 0.3) is 0 Å². The fourth-order valence-corrected chi connectivity index (χ4v) is 1.34. The first-order valence-electron chi connectivity index (χ1n) is 4.10. The fourth-order valence-electron chi connectivity index (χ4n) is 0.847. The lowest BCUT2D eigenvalue weighted by Crippen LogP contribution is -2.26. The van der Waals surface area contributed by atoms with Crippen LogP contribution in [0.5, 0.6) is 0 Å². The third kappa shape index (κ3) is 4.54. The van der Waals surface area contributed by atoms with E-state index in [1.54, 1.807) is 25.2 Å². The number of nitrogens with two attached hydrogens (primary N) is 1. The topological polar surface area (TPSA) is 62.8 Å². The molecule has 0 aliphatic rings. The van der Waals surface area contributed by atoms with E-state index in [1.807, 2.05) is 0 Å². The third-order valence-electron chi connectivity index (χ3n) is 1.61.